The van der Waals surface area contributed by atoms with Crippen molar-refractivity contribution in [1.29, 1.82) is 0 Å². The van der Waals surface area contributed by atoms with Gasteiger partial charge in [0.15, 0.2) is 28.8 Å². The molecule has 0 saturated heterocycles. The van der Waals surface area contributed by atoms with E-state index in [1.54, 1.807) is 36.4 Å². The summed E-state index contributed by atoms with van der Waals surface area (Å²) in [6, 6.07) is 8.48. The molecule has 0 spiro atoms. The van der Waals surface area contributed by atoms with Crippen LogP contribution in [-0.4, -0.2) is 32.7 Å². The quantitative estimate of drug-likeness (QED) is 0.427. The van der Waals surface area contributed by atoms with Crippen molar-refractivity contribution in [3.8, 4) is 35.3 Å². The van der Waals surface area contributed by atoms with Gasteiger partial charge in [0.05, 0.1) is 12.1 Å². The number of methoxy groups -OCH3 is 1. The topological polar surface area (TPSA) is 54.0 Å². The second kappa shape index (κ2) is 8.52. The van der Waals surface area contributed by atoms with Gasteiger partial charge >= 0.3 is 0 Å². The first-order chi connectivity index (χ1) is 13.1. The molecule has 2 aromatic rings. The van der Waals surface area contributed by atoms with Crippen molar-refractivity contribution >= 4 is 23.5 Å². The van der Waals surface area contributed by atoms with Gasteiger partial charge in [0.25, 0.3) is 0 Å². The highest BCUT2D eigenvalue weighted by Crippen LogP contribution is 2.37. The second-order valence-corrected chi connectivity index (χ2v) is 5.99. The van der Waals surface area contributed by atoms with Gasteiger partial charge in [0.1, 0.15) is 19.8 Å². The largest absolute Gasteiger partial charge is 0.493 e. The zero-order chi connectivity index (χ0) is 19.2. The Labute approximate surface area is 162 Å². The van der Waals surface area contributed by atoms with E-state index in [2.05, 4.69) is 5.92 Å². The van der Waals surface area contributed by atoms with Crippen LogP contribution in [0, 0.1) is 12.3 Å². The van der Waals surface area contributed by atoms with E-state index >= 15 is 0 Å². The van der Waals surface area contributed by atoms with Crippen LogP contribution in [0.1, 0.15) is 15.9 Å². The highest BCUT2D eigenvalue weighted by atomic mass is 35.5. The first-order valence-corrected chi connectivity index (χ1v) is 8.56. The third-order valence-corrected chi connectivity index (χ3v) is 4.09. The van der Waals surface area contributed by atoms with Crippen molar-refractivity contribution in [3.63, 3.8) is 0 Å². The maximum Gasteiger partial charge on any atom is 0.185 e. The zero-order valence-corrected chi connectivity index (χ0v) is 15.4. The molecular formula is C21H17ClO5. The molecule has 0 bridgehead atoms. The van der Waals surface area contributed by atoms with Gasteiger partial charge in [0, 0.05) is 5.56 Å². The van der Waals surface area contributed by atoms with E-state index in [-0.39, 0.29) is 12.4 Å². The number of ketones is 1. The number of carbonyl (C=O) groups excluding carboxylic acids is 1. The van der Waals surface area contributed by atoms with Crippen LogP contribution in [0.25, 0.3) is 6.08 Å². The van der Waals surface area contributed by atoms with Gasteiger partial charge in [-0.3, -0.25) is 4.79 Å². The summed E-state index contributed by atoms with van der Waals surface area (Å²) in [5, 5.41) is 0.344. The number of carbonyl (C=O) groups is 1. The fraction of sp³-hybridized carbons (Fsp3) is 0.190. The summed E-state index contributed by atoms with van der Waals surface area (Å²) in [6.07, 6.45) is 8.31. The minimum atomic E-state index is -0.172. The van der Waals surface area contributed by atoms with Crippen LogP contribution in [0.15, 0.2) is 36.4 Å². The summed E-state index contributed by atoms with van der Waals surface area (Å²) < 4.78 is 21.7. The fourth-order valence-corrected chi connectivity index (χ4v) is 2.83. The van der Waals surface area contributed by atoms with Crippen LogP contribution in [0.4, 0.5) is 0 Å². The molecule has 3 rings (SSSR count). The smallest absolute Gasteiger partial charge is 0.185 e. The van der Waals surface area contributed by atoms with Crippen molar-refractivity contribution < 1.29 is 23.7 Å². The first kappa shape index (κ1) is 18.7. The number of benzene rings is 2. The molecule has 0 aromatic heterocycles. The Bertz CT molecular complexity index is 927. The highest BCUT2D eigenvalue weighted by Gasteiger charge is 2.14. The Kier molecular flexibility index (Phi) is 5.90. The lowest BCUT2D eigenvalue weighted by Crippen LogP contribution is -2.15. The minimum absolute atomic E-state index is 0.0772. The number of hydrogen-bond acceptors (Lipinski definition) is 5. The standard InChI is InChI=1S/C21H17ClO5/c1-3-8-27-21-16(22)11-14(12-20(21)24-2)4-6-17(23)15-5-7-18-19(13-15)26-10-9-25-18/h1,4-7,11-13H,8-10H2,2H3/b6-4+. The molecule has 1 aliphatic heterocycles. The van der Waals surface area contributed by atoms with E-state index < -0.39 is 0 Å². The molecule has 138 valence electrons. The number of hydrogen-bond donors (Lipinski definition) is 0. The summed E-state index contributed by atoms with van der Waals surface area (Å²) in [6.45, 7) is 1.05. The molecule has 27 heavy (non-hydrogen) atoms. The normalized spacial score (nSPS) is 12.5. The van der Waals surface area contributed by atoms with Crippen molar-refractivity contribution in [1.82, 2.24) is 0 Å². The van der Waals surface area contributed by atoms with Gasteiger partial charge in [-0.2, -0.15) is 0 Å². The highest BCUT2D eigenvalue weighted by molar-refractivity contribution is 6.32. The second-order valence-electron chi connectivity index (χ2n) is 5.58. The van der Waals surface area contributed by atoms with Crippen LogP contribution in [-0.2, 0) is 0 Å². The Morgan fingerprint density at radius 2 is 2.04 bits per heavy atom. The fourth-order valence-electron chi connectivity index (χ4n) is 2.55. The summed E-state index contributed by atoms with van der Waals surface area (Å²) in [7, 11) is 1.50. The molecule has 1 heterocycles. The van der Waals surface area contributed by atoms with E-state index in [0.29, 0.717) is 52.4 Å². The molecule has 6 heteroatoms. The van der Waals surface area contributed by atoms with Gasteiger partial charge in [-0.1, -0.05) is 23.6 Å². The van der Waals surface area contributed by atoms with Crippen LogP contribution >= 0.6 is 11.6 Å². The Hall–Kier alpha value is -3.10. The van der Waals surface area contributed by atoms with Crippen LogP contribution in [0.2, 0.25) is 5.02 Å². The van der Waals surface area contributed by atoms with Crippen LogP contribution in [0.3, 0.4) is 0 Å². The van der Waals surface area contributed by atoms with E-state index in [0.717, 1.165) is 0 Å². The molecule has 2 aromatic carbocycles. The van der Waals surface area contributed by atoms with Crippen LogP contribution < -0.4 is 18.9 Å². The molecular weight excluding hydrogens is 368 g/mol. The number of rotatable bonds is 6. The SMILES string of the molecule is C#CCOc1c(Cl)cc(/C=C/C(=O)c2ccc3c(c2)OCCO3)cc1OC. The summed E-state index contributed by atoms with van der Waals surface area (Å²) in [4.78, 5) is 12.5. The lowest BCUT2D eigenvalue weighted by atomic mass is 10.1. The lowest BCUT2D eigenvalue weighted by Gasteiger charge is -2.18. The average molecular weight is 385 g/mol. The summed E-state index contributed by atoms with van der Waals surface area (Å²) in [5.74, 6) is 4.22. The Morgan fingerprint density at radius 3 is 2.78 bits per heavy atom. The molecule has 0 amide bonds. The van der Waals surface area contributed by atoms with E-state index in [4.69, 9.17) is 37.0 Å². The molecule has 0 unspecified atom stereocenters. The van der Waals surface area contributed by atoms with Crippen LogP contribution in [0.5, 0.6) is 23.0 Å². The molecule has 0 saturated carbocycles. The van der Waals surface area contributed by atoms with Crippen molar-refractivity contribution in [2.24, 2.45) is 0 Å². The number of fused-ring (bicyclic) bond motifs is 1. The number of halogens is 1. The third-order valence-electron chi connectivity index (χ3n) is 3.81. The maximum atomic E-state index is 12.5. The van der Waals surface area contributed by atoms with Crippen molar-refractivity contribution in [2.45, 2.75) is 0 Å². The molecule has 0 radical (unpaired) electrons. The zero-order valence-electron chi connectivity index (χ0n) is 14.7. The van der Waals surface area contributed by atoms with Crippen molar-refractivity contribution in [2.75, 3.05) is 26.9 Å². The molecule has 1 aliphatic rings. The molecule has 0 aliphatic carbocycles. The van der Waals surface area contributed by atoms with Gasteiger partial charge < -0.3 is 18.9 Å². The maximum absolute atomic E-state index is 12.5. The predicted octanol–water partition coefficient (Wildman–Crippen LogP) is 4.03. The third kappa shape index (κ3) is 4.36. The molecule has 5 nitrogen and oxygen atoms in total. The van der Waals surface area contributed by atoms with Gasteiger partial charge in [-0.05, 0) is 42.0 Å². The molecule has 0 atom stereocenters. The number of allylic oxidation sites excluding steroid dienone is 1. The molecule has 0 N–H and O–H groups in total. The summed E-state index contributed by atoms with van der Waals surface area (Å²) in [5.41, 5.74) is 1.19. The Balaban J connectivity index is 1.80. The summed E-state index contributed by atoms with van der Waals surface area (Å²) >= 11 is 6.24. The Morgan fingerprint density at radius 1 is 1.26 bits per heavy atom. The minimum Gasteiger partial charge on any atom is -0.493 e. The van der Waals surface area contributed by atoms with Gasteiger partial charge in [-0.15, -0.1) is 6.42 Å². The average Bonchev–Trinajstić information content (AvgIpc) is 2.70. The predicted molar refractivity (Wildman–Crippen MR) is 103 cm³/mol. The van der Waals surface area contributed by atoms with Gasteiger partial charge in [0.2, 0.25) is 0 Å². The lowest BCUT2D eigenvalue weighted by molar-refractivity contribution is 0.104. The van der Waals surface area contributed by atoms with E-state index in [1.165, 1.54) is 13.2 Å². The number of ether oxygens (including phenoxy) is 4. The first-order valence-electron chi connectivity index (χ1n) is 8.18. The van der Waals surface area contributed by atoms with E-state index in [9.17, 15) is 4.79 Å². The number of terminal acetylenes is 1. The van der Waals surface area contributed by atoms with E-state index in [1.807, 2.05) is 0 Å². The monoisotopic (exact) mass is 384 g/mol. The van der Waals surface area contributed by atoms with Crippen molar-refractivity contribution in [3.05, 3.63) is 52.6 Å². The molecule has 0 fully saturated rings. The van der Waals surface area contributed by atoms with Gasteiger partial charge in [-0.25, -0.2) is 0 Å².